The molecule has 0 bridgehead atoms. The molecule has 0 radical (unpaired) electrons. The average Bonchev–Trinajstić information content (AvgIpc) is 2.23. The molecule has 94 valence electrons. The van der Waals surface area contributed by atoms with Crippen LogP contribution in [0.3, 0.4) is 0 Å². The van der Waals surface area contributed by atoms with Crippen molar-refractivity contribution in [3.05, 3.63) is 10.1 Å². The van der Waals surface area contributed by atoms with Gasteiger partial charge in [-0.2, -0.15) is 0 Å². The molecule has 0 aliphatic rings. The van der Waals surface area contributed by atoms with Gasteiger partial charge in [-0.3, -0.25) is 4.79 Å². The number of carbonyl (C=O) groups is 1. The predicted molar refractivity (Wildman–Crippen MR) is 57.3 cm³/mol. The lowest BCUT2D eigenvalue weighted by molar-refractivity contribution is -0.757. The average molecular weight is 233 g/mol. The Morgan fingerprint density at radius 3 is 2.56 bits per heavy atom. The SMILES string of the molecule is CCCCCCC(=O)OCCCO[N+](=O)[O-]. The number of ether oxygens (including phenoxy) is 1. The van der Waals surface area contributed by atoms with Gasteiger partial charge >= 0.3 is 5.97 Å². The molecule has 0 saturated carbocycles. The zero-order valence-electron chi connectivity index (χ0n) is 9.65. The van der Waals surface area contributed by atoms with Gasteiger partial charge in [0.05, 0.1) is 13.2 Å². The maximum absolute atomic E-state index is 11.1. The lowest BCUT2D eigenvalue weighted by Gasteiger charge is -2.03. The first kappa shape index (κ1) is 14.7. The summed E-state index contributed by atoms with van der Waals surface area (Å²) in [5, 5.41) is 8.92. The first-order valence-electron chi connectivity index (χ1n) is 5.59. The fourth-order valence-electron chi connectivity index (χ4n) is 1.15. The van der Waals surface area contributed by atoms with E-state index in [0.717, 1.165) is 25.7 Å². The minimum absolute atomic E-state index is 0.0316. The van der Waals surface area contributed by atoms with Crippen molar-refractivity contribution in [2.24, 2.45) is 0 Å². The number of nitrogens with zero attached hydrogens (tertiary/aromatic N) is 1. The summed E-state index contributed by atoms with van der Waals surface area (Å²) in [6, 6.07) is 0. The van der Waals surface area contributed by atoms with Gasteiger partial charge in [0.25, 0.3) is 5.09 Å². The van der Waals surface area contributed by atoms with Gasteiger partial charge in [-0.25, -0.2) is 0 Å². The monoisotopic (exact) mass is 233 g/mol. The van der Waals surface area contributed by atoms with E-state index in [1.165, 1.54) is 0 Å². The van der Waals surface area contributed by atoms with Crippen molar-refractivity contribution in [1.82, 2.24) is 0 Å². The van der Waals surface area contributed by atoms with E-state index in [1.54, 1.807) is 0 Å². The van der Waals surface area contributed by atoms with Crippen LogP contribution in [0.4, 0.5) is 0 Å². The van der Waals surface area contributed by atoms with Crippen LogP contribution in [0.2, 0.25) is 0 Å². The highest BCUT2D eigenvalue weighted by molar-refractivity contribution is 5.69. The minimum atomic E-state index is -0.855. The Labute approximate surface area is 95.0 Å². The highest BCUT2D eigenvalue weighted by Crippen LogP contribution is 2.03. The molecule has 0 aromatic carbocycles. The van der Waals surface area contributed by atoms with Crippen molar-refractivity contribution in [1.29, 1.82) is 0 Å². The molecule has 0 aromatic heterocycles. The van der Waals surface area contributed by atoms with Gasteiger partial charge in [0.1, 0.15) is 0 Å². The lowest BCUT2D eigenvalue weighted by Crippen LogP contribution is -2.09. The molecule has 0 aliphatic heterocycles. The van der Waals surface area contributed by atoms with Crippen LogP contribution in [0.15, 0.2) is 0 Å². The number of carbonyl (C=O) groups excluding carboxylic acids is 1. The molecule has 0 rings (SSSR count). The van der Waals surface area contributed by atoms with Gasteiger partial charge in [-0.15, -0.1) is 10.1 Å². The molecule has 16 heavy (non-hydrogen) atoms. The first-order chi connectivity index (χ1) is 7.66. The van der Waals surface area contributed by atoms with Crippen molar-refractivity contribution < 1.29 is 19.5 Å². The van der Waals surface area contributed by atoms with Crippen LogP contribution >= 0.6 is 0 Å². The maximum atomic E-state index is 11.1. The zero-order valence-corrected chi connectivity index (χ0v) is 9.65. The summed E-state index contributed by atoms with van der Waals surface area (Å²) in [5.41, 5.74) is 0. The van der Waals surface area contributed by atoms with Crippen molar-refractivity contribution >= 4 is 5.97 Å². The van der Waals surface area contributed by atoms with Crippen molar-refractivity contribution in [2.75, 3.05) is 13.2 Å². The Bertz CT molecular complexity index is 207. The Kier molecular flexibility index (Phi) is 9.35. The Morgan fingerprint density at radius 2 is 1.94 bits per heavy atom. The first-order valence-corrected chi connectivity index (χ1v) is 5.59. The molecule has 6 heteroatoms. The fourth-order valence-corrected chi connectivity index (χ4v) is 1.15. The molecule has 0 heterocycles. The Morgan fingerprint density at radius 1 is 1.19 bits per heavy atom. The molecular formula is C10H19NO5. The standard InChI is InChI=1S/C10H19NO5/c1-2-3-4-5-7-10(12)15-8-6-9-16-11(13)14/h2-9H2,1H3. The molecular weight excluding hydrogens is 214 g/mol. The summed E-state index contributed by atoms with van der Waals surface area (Å²) in [4.78, 5) is 24.9. The maximum Gasteiger partial charge on any atom is 0.305 e. The number of hydrogen-bond acceptors (Lipinski definition) is 5. The van der Waals surface area contributed by atoms with Gasteiger partial charge in [0.15, 0.2) is 0 Å². The molecule has 0 fully saturated rings. The van der Waals surface area contributed by atoms with Crippen LogP contribution in [0.5, 0.6) is 0 Å². The zero-order chi connectivity index (χ0) is 12.2. The second kappa shape index (κ2) is 10.2. The van der Waals surface area contributed by atoms with Gasteiger partial charge in [-0.05, 0) is 6.42 Å². The number of unbranched alkanes of at least 4 members (excludes halogenated alkanes) is 3. The molecule has 0 atom stereocenters. The molecule has 0 aliphatic carbocycles. The van der Waals surface area contributed by atoms with E-state index < -0.39 is 5.09 Å². The van der Waals surface area contributed by atoms with Crippen LogP contribution < -0.4 is 0 Å². The molecule has 0 unspecified atom stereocenters. The fraction of sp³-hybridized carbons (Fsp3) is 0.900. The summed E-state index contributed by atoms with van der Waals surface area (Å²) in [6.07, 6.45) is 4.92. The van der Waals surface area contributed by atoms with Crippen LogP contribution in [-0.2, 0) is 14.4 Å². The molecule has 0 saturated heterocycles. The summed E-state index contributed by atoms with van der Waals surface area (Å²) < 4.78 is 4.86. The predicted octanol–water partition coefficient (Wildman–Crippen LogP) is 2.10. The van der Waals surface area contributed by atoms with Crippen molar-refractivity contribution in [2.45, 2.75) is 45.4 Å². The van der Waals surface area contributed by atoms with Gasteiger partial charge in [0.2, 0.25) is 0 Å². The normalized spacial score (nSPS) is 9.81. The van der Waals surface area contributed by atoms with Crippen molar-refractivity contribution in [3.8, 4) is 0 Å². The van der Waals surface area contributed by atoms with Crippen LogP contribution in [0.25, 0.3) is 0 Å². The van der Waals surface area contributed by atoms with E-state index in [-0.39, 0.29) is 19.2 Å². The minimum Gasteiger partial charge on any atom is -0.466 e. The third kappa shape index (κ3) is 10.7. The Balaban J connectivity index is 3.20. The van der Waals surface area contributed by atoms with E-state index in [0.29, 0.717) is 12.8 Å². The van der Waals surface area contributed by atoms with E-state index in [4.69, 9.17) is 4.74 Å². The summed E-state index contributed by atoms with van der Waals surface area (Å²) in [6.45, 7) is 2.25. The second-order valence-corrected chi connectivity index (χ2v) is 3.44. The van der Waals surface area contributed by atoms with E-state index in [9.17, 15) is 14.9 Å². The van der Waals surface area contributed by atoms with E-state index in [2.05, 4.69) is 11.8 Å². The highest BCUT2D eigenvalue weighted by Gasteiger charge is 2.02. The highest BCUT2D eigenvalue weighted by atomic mass is 16.9. The quantitative estimate of drug-likeness (QED) is 0.250. The summed E-state index contributed by atoms with van der Waals surface area (Å²) in [5.74, 6) is -0.239. The number of esters is 1. The number of rotatable bonds is 10. The molecule has 6 nitrogen and oxygen atoms in total. The largest absolute Gasteiger partial charge is 0.466 e. The third-order valence-electron chi connectivity index (χ3n) is 1.98. The molecule has 0 amide bonds. The smallest absolute Gasteiger partial charge is 0.305 e. The van der Waals surface area contributed by atoms with Crippen molar-refractivity contribution in [3.63, 3.8) is 0 Å². The second-order valence-electron chi connectivity index (χ2n) is 3.44. The third-order valence-corrected chi connectivity index (χ3v) is 1.98. The van der Waals surface area contributed by atoms with Gasteiger partial charge in [-0.1, -0.05) is 26.2 Å². The number of hydrogen-bond donors (Lipinski definition) is 0. The van der Waals surface area contributed by atoms with E-state index >= 15 is 0 Å². The van der Waals surface area contributed by atoms with Crippen LogP contribution in [0.1, 0.15) is 45.4 Å². The summed E-state index contributed by atoms with van der Waals surface area (Å²) in [7, 11) is 0. The molecule has 0 aromatic rings. The summed E-state index contributed by atoms with van der Waals surface area (Å²) >= 11 is 0. The van der Waals surface area contributed by atoms with Gasteiger partial charge < -0.3 is 9.57 Å². The molecule has 0 spiro atoms. The van der Waals surface area contributed by atoms with Gasteiger partial charge in [0, 0.05) is 12.8 Å². The Hall–Kier alpha value is -1.33. The topological polar surface area (TPSA) is 78.7 Å². The lowest BCUT2D eigenvalue weighted by atomic mass is 10.2. The van der Waals surface area contributed by atoms with Crippen LogP contribution in [-0.4, -0.2) is 24.3 Å². The van der Waals surface area contributed by atoms with E-state index in [1.807, 2.05) is 0 Å². The van der Waals surface area contributed by atoms with Crippen LogP contribution in [0, 0.1) is 10.1 Å². The molecule has 0 N–H and O–H groups in total.